The van der Waals surface area contributed by atoms with E-state index in [1.54, 1.807) is 13.3 Å². The second-order valence-corrected chi connectivity index (χ2v) is 3.92. The van der Waals surface area contributed by atoms with Crippen LogP contribution in [0, 0.1) is 0 Å². The minimum Gasteiger partial charge on any atom is -0.497 e. The average Bonchev–Trinajstić information content (AvgIpc) is 2.89. The minimum absolute atomic E-state index is 0.259. The fraction of sp³-hybridized carbons (Fsp3) is 0.308. The molecule has 17 heavy (non-hydrogen) atoms. The highest BCUT2D eigenvalue weighted by Crippen LogP contribution is 2.18. The van der Waals surface area contributed by atoms with E-state index in [1.807, 2.05) is 24.4 Å². The molecule has 90 valence electrons. The molecule has 1 heterocycles. The van der Waals surface area contributed by atoms with Gasteiger partial charge in [0.2, 0.25) is 0 Å². The highest BCUT2D eigenvalue weighted by molar-refractivity contribution is 5.30. The van der Waals surface area contributed by atoms with Crippen LogP contribution < -0.4 is 10.1 Å². The lowest BCUT2D eigenvalue weighted by molar-refractivity contribution is 0.413. The van der Waals surface area contributed by atoms with Crippen molar-refractivity contribution in [1.82, 2.24) is 15.3 Å². The first kappa shape index (κ1) is 11.7. The summed E-state index contributed by atoms with van der Waals surface area (Å²) in [5, 5.41) is 3.40. The molecule has 0 aliphatic carbocycles. The quantitative estimate of drug-likeness (QED) is 0.830. The first-order valence-corrected chi connectivity index (χ1v) is 5.65. The smallest absolute Gasteiger partial charge is 0.120 e. The van der Waals surface area contributed by atoms with Crippen LogP contribution >= 0.6 is 0 Å². The Morgan fingerprint density at radius 3 is 3.06 bits per heavy atom. The summed E-state index contributed by atoms with van der Waals surface area (Å²) in [6.07, 6.45) is 3.58. The third-order valence-electron chi connectivity index (χ3n) is 2.72. The van der Waals surface area contributed by atoms with Crippen molar-refractivity contribution < 1.29 is 4.74 Å². The number of aromatic amines is 1. The van der Waals surface area contributed by atoms with Gasteiger partial charge in [-0.1, -0.05) is 12.1 Å². The van der Waals surface area contributed by atoms with Gasteiger partial charge in [0, 0.05) is 18.4 Å². The molecule has 1 atom stereocenters. The van der Waals surface area contributed by atoms with Crippen LogP contribution in [0.1, 0.15) is 24.4 Å². The molecular formula is C13H17N3O. The number of H-pyrrole nitrogens is 1. The molecule has 1 unspecified atom stereocenters. The van der Waals surface area contributed by atoms with Crippen molar-refractivity contribution in [3.63, 3.8) is 0 Å². The molecule has 0 bridgehead atoms. The Labute approximate surface area is 101 Å². The number of imidazole rings is 1. The second-order valence-electron chi connectivity index (χ2n) is 3.92. The molecule has 0 saturated heterocycles. The number of methoxy groups -OCH3 is 1. The van der Waals surface area contributed by atoms with Gasteiger partial charge in [0.25, 0.3) is 0 Å². The largest absolute Gasteiger partial charge is 0.497 e. The molecule has 2 rings (SSSR count). The van der Waals surface area contributed by atoms with Crippen molar-refractivity contribution in [3.05, 3.63) is 48.0 Å². The molecule has 1 aromatic heterocycles. The van der Waals surface area contributed by atoms with Gasteiger partial charge in [-0.3, -0.25) is 0 Å². The second kappa shape index (κ2) is 5.50. The van der Waals surface area contributed by atoms with Gasteiger partial charge in [-0.2, -0.15) is 0 Å². The van der Waals surface area contributed by atoms with Crippen molar-refractivity contribution in [2.45, 2.75) is 19.5 Å². The number of aromatic nitrogens is 2. The van der Waals surface area contributed by atoms with Gasteiger partial charge >= 0.3 is 0 Å². The first-order chi connectivity index (χ1) is 8.29. The highest BCUT2D eigenvalue weighted by Gasteiger charge is 2.06. The number of nitrogens with one attached hydrogen (secondary N) is 2. The summed E-state index contributed by atoms with van der Waals surface area (Å²) in [7, 11) is 1.68. The van der Waals surface area contributed by atoms with Gasteiger partial charge in [-0.15, -0.1) is 0 Å². The van der Waals surface area contributed by atoms with E-state index in [9.17, 15) is 0 Å². The molecular weight excluding hydrogens is 214 g/mol. The Morgan fingerprint density at radius 2 is 2.35 bits per heavy atom. The molecule has 0 aliphatic heterocycles. The van der Waals surface area contributed by atoms with Gasteiger partial charge in [0.15, 0.2) is 0 Å². The lowest BCUT2D eigenvalue weighted by atomic mass is 10.1. The Hall–Kier alpha value is -1.81. The van der Waals surface area contributed by atoms with Crippen molar-refractivity contribution in [1.29, 1.82) is 0 Å². The zero-order chi connectivity index (χ0) is 12.1. The van der Waals surface area contributed by atoms with Crippen LogP contribution in [0.25, 0.3) is 0 Å². The predicted molar refractivity (Wildman–Crippen MR) is 66.8 cm³/mol. The topological polar surface area (TPSA) is 49.9 Å². The number of nitrogens with zero attached hydrogens (tertiary/aromatic N) is 1. The van der Waals surface area contributed by atoms with E-state index in [-0.39, 0.29) is 6.04 Å². The molecule has 1 aromatic carbocycles. The number of ether oxygens (including phenoxy) is 1. The van der Waals surface area contributed by atoms with E-state index < -0.39 is 0 Å². The summed E-state index contributed by atoms with van der Waals surface area (Å²) in [5.41, 5.74) is 1.20. The van der Waals surface area contributed by atoms with Gasteiger partial charge in [-0.05, 0) is 24.6 Å². The number of benzene rings is 1. The molecule has 0 amide bonds. The van der Waals surface area contributed by atoms with E-state index in [0.29, 0.717) is 0 Å². The molecule has 2 aromatic rings. The molecule has 0 spiro atoms. The number of hydrogen-bond donors (Lipinski definition) is 2. The highest BCUT2D eigenvalue weighted by atomic mass is 16.5. The minimum atomic E-state index is 0.259. The van der Waals surface area contributed by atoms with Crippen molar-refractivity contribution in [2.75, 3.05) is 7.11 Å². The lowest BCUT2D eigenvalue weighted by Gasteiger charge is -2.14. The van der Waals surface area contributed by atoms with Gasteiger partial charge in [0.1, 0.15) is 11.6 Å². The molecule has 0 fully saturated rings. The van der Waals surface area contributed by atoms with Crippen molar-refractivity contribution in [2.24, 2.45) is 0 Å². The van der Waals surface area contributed by atoms with Gasteiger partial charge in [0.05, 0.1) is 13.7 Å². The molecule has 0 radical (unpaired) electrons. The van der Waals surface area contributed by atoms with Crippen LogP contribution in [-0.2, 0) is 6.54 Å². The standard InChI is InChI=1S/C13H17N3O/c1-10(16-9-13-14-6-7-15-13)11-4-3-5-12(8-11)17-2/h3-8,10,16H,9H2,1-2H3,(H,14,15). The van der Waals surface area contributed by atoms with Crippen molar-refractivity contribution in [3.8, 4) is 5.75 Å². The molecule has 2 N–H and O–H groups in total. The average molecular weight is 231 g/mol. The van der Waals surface area contributed by atoms with E-state index >= 15 is 0 Å². The van der Waals surface area contributed by atoms with Crippen LogP contribution in [0.2, 0.25) is 0 Å². The zero-order valence-corrected chi connectivity index (χ0v) is 10.1. The monoisotopic (exact) mass is 231 g/mol. The van der Waals surface area contributed by atoms with Gasteiger partial charge < -0.3 is 15.0 Å². The van der Waals surface area contributed by atoms with E-state index in [2.05, 4.69) is 28.3 Å². The summed E-state index contributed by atoms with van der Waals surface area (Å²) in [4.78, 5) is 7.24. The van der Waals surface area contributed by atoms with E-state index in [1.165, 1.54) is 5.56 Å². The van der Waals surface area contributed by atoms with Crippen molar-refractivity contribution >= 4 is 0 Å². The maximum absolute atomic E-state index is 5.21. The fourth-order valence-electron chi connectivity index (χ4n) is 1.67. The Morgan fingerprint density at radius 1 is 1.47 bits per heavy atom. The Kier molecular flexibility index (Phi) is 3.77. The first-order valence-electron chi connectivity index (χ1n) is 5.65. The molecule has 4 heteroatoms. The van der Waals surface area contributed by atoms with E-state index in [0.717, 1.165) is 18.1 Å². The summed E-state index contributed by atoms with van der Waals surface area (Å²) >= 11 is 0. The SMILES string of the molecule is COc1cccc(C(C)NCc2ncc[nH]2)c1. The summed E-state index contributed by atoms with van der Waals surface area (Å²) in [6.45, 7) is 2.85. The third-order valence-corrected chi connectivity index (χ3v) is 2.72. The Bertz CT molecular complexity index is 453. The van der Waals surface area contributed by atoms with Crippen LogP contribution in [0.4, 0.5) is 0 Å². The molecule has 0 saturated carbocycles. The van der Waals surface area contributed by atoms with Crippen LogP contribution in [0.3, 0.4) is 0 Å². The predicted octanol–water partition coefficient (Wildman–Crippen LogP) is 2.27. The maximum atomic E-state index is 5.21. The van der Waals surface area contributed by atoms with Crippen LogP contribution in [-0.4, -0.2) is 17.1 Å². The molecule has 0 aliphatic rings. The zero-order valence-electron chi connectivity index (χ0n) is 10.1. The van der Waals surface area contributed by atoms with Gasteiger partial charge in [-0.25, -0.2) is 4.98 Å². The fourth-order valence-corrected chi connectivity index (χ4v) is 1.67. The third kappa shape index (κ3) is 3.07. The van der Waals surface area contributed by atoms with Crippen LogP contribution in [0.15, 0.2) is 36.7 Å². The summed E-state index contributed by atoms with van der Waals surface area (Å²) < 4.78 is 5.21. The van der Waals surface area contributed by atoms with Crippen LogP contribution in [0.5, 0.6) is 5.75 Å². The number of hydrogen-bond acceptors (Lipinski definition) is 3. The number of rotatable bonds is 5. The lowest BCUT2D eigenvalue weighted by Crippen LogP contribution is -2.18. The summed E-state index contributed by atoms with van der Waals surface area (Å²) in [5.74, 6) is 1.83. The normalized spacial score (nSPS) is 12.4. The Balaban J connectivity index is 1.96. The maximum Gasteiger partial charge on any atom is 0.120 e. The molecule has 4 nitrogen and oxygen atoms in total. The summed E-state index contributed by atoms with van der Waals surface area (Å²) in [6, 6.07) is 8.33. The van der Waals surface area contributed by atoms with E-state index in [4.69, 9.17) is 4.74 Å².